The van der Waals surface area contributed by atoms with Crippen molar-refractivity contribution in [1.29, 1.82) is 0 Å². The Bertz CT molecular complexity index is 1220. The second-order valence-corrected chi connectivity index (χ2v) is 9.06. The minimum atomic E-state index is -0.567. The lowest BCUT2D eigenvalue weighted by molar-refractivity contribution is -0.148. The molecule has 1 atom stereocenters. The van der Waals surface area contributed by atoms with Crippen LogP contribution in [0.15, 0.2) is 35.1 Å². The average molecular weight is 549 g/mol. The number of carbonyl (C=O) groups excluding carboxylic acids is 1. The zero-order chi connectivity index (χ0) is 24.9. The fourth-order valence-electron chi connectivity index (χ4n) is 3.99. The van der Waals surface area contributed by atoms with E-state index < -0.39 is 11.9 Å². The lowest BCUT2D eigenvalue weighted by atomic mass is 10.2. The topological polar surface area (TPSA) is 106 Å². The van der Waals surface area contributed by atoms with Gasteiger partial charge in [-0.05, 0) is 54.0 Å². The van der Waals surface area contributed by atoms with Gasteiger partial charge in [0.15, 0.2) is 11.5 Å². The van der Waals surface area contributed by atoms with E-state index in [1.165, 1.54) is 26.4 Å². The molecule has 0 aliphatic carbocycles. The monoisotopic (exact) mass is 548 g/mol. The molecule has 0 amide bonds. The zero-order valence-corrected chi connectivity index (χ0v) is 21.0. The first kappa shape index (κ1) is 24.9. The summed E-state index contributed by atoms with van der Waals surface area (Å²) in [5.74, 6) is 0.123. The average Bonchev–Trinajstić information content (AvgIpc) is 3.33. The number of phenolic OH excluding ortho intramolecular Hbond substituents is 1. The third-order valence-electron chi connectivity index (χ3n) is 5.63. The van der Waals surface area contributed by atoms with Crippen molar-refractivity contribution in [1.82, 2.24) is 14.9 Å². The van der Waals surface area contributed by atoms with Crippen molar-refractivity contribution in [2.75, 3.05) is 38.7 Å². The number of aromatic hydroxyl groups is 1. The van der Waals surface area contributed by atoms with Crippen molar-refractivity contribution >= 4 is 44.3 Å². The number of nitrogens with zero attached hydrogens (tertiary/aromatic N) is 3. The zero-order valence-electron chi connectivity index (χ0n) is 19.4. The maximum absolute atomic E-state index is 14.4. The van der Waals surface area contributed by atoms with Gasteiger partial charge < -0.3 is 24.6 Å². The van der Waals surface area contributed by atoms with Crippen LogP contribution in [0, 0.1) is 5.82 Å². The number of aromatic nitrogens is 2. The highest BCUT2D eigenvalue weighted by Gasteiger charge is 2.22. The number of methoxy groups -OCH3 is 1. The van der Waals surface area contributed by atoms with Gasteiger partial charge in [0.25, 0.3) is 0 Å². The quantitative estimate of drug-likeness (QED) is 0.376. The molecule has 3 aromatic rings. The Balaban J connectivity index is 1.58. The number of carbonyl (C=O) groups is 1. The number of anilines is 2. The number of halogens is 2. The van der Waals surface area contributed by atoms with Crippen molar-refractivity contribution in [2.45, 2.75) is 25.9 Å². The molecule has 1 aromatic heterocycles. The number of hydrogen-bond donors (Lipinski definition) is 2. The molecule has 1 unspecified atom stereocenters. The van der Waals surface area contributed by atoms with Gasteiger partial charge in [0.2, 0.25) is 0 Å². The van der Waals surface area contributed by atoms with Crippen LogP contribution in [-0.4, -0.2) is 65.4 Å². The van der Waals surface area contributed by atoms with E-state index in [1.54, 1.807) is 12.1 Å². The summed E-state index contributed by atoms with van der Waals surface area (Å²) in [6.07, 6.45) is 3.17. The van der Waals surface area contributed by atoms with E-state index in [1.807, 2.05) is 0 Å². The Labute approximate surface area is 210 Å². The normalized spacial score (nSPS) is 14.6. The van der Waals surface area contributed by atoms with Gasteiger partial charge in [-0.2, -0.15) is 0 Å². The number of esters is 1. The van der Waals surface area contributed by atoms with Crippen LogP contribution in [0.1, 0.15) is 19.8 Å². The molecule has 1 fully saturated rings. The molecule has 186 valence electrons. The Morgan fingerprint density at radius 2 is 2.00 bits per heavy atom. The van der Waals surface area contributed by atoms with E-state index in [4.69, 9.17) is 14.2 Å². The summed E-state index contributed by atoms with van der Waals surface area (Å²) >= 11 is 3.09. The summed E-state index contributed by atoms with van der Waals surface area (Å²) in [7, 11) is 1.51. The fourth-order valence-corrected chi connectivity index (χ4v) is 4.31. The largest absolute Gasteiger partial charge is 0.507 e. The van der Waals surface area contributed by atoms with Gasteiger partial charge in [0, 0.05) is 31.0 Å². The molecule has 2 N–H and O–H groups in total. The molecule has 0 spiro atoms. The number of benzene rings is 2. The molecule has 0 bridgehead atoms. The van der Waals surface area contributed by atoms with Gasteiger partial charge in [0.1, 0.15) is 36.4 Å². The molecule has 11 heteroatoms. The number of rotatable bonds is 9. The summed E-state index contributed by atoms with van der Waals surface area (Å²) in [5, 5.41) is 13.4. The van der Waals surface area contributed by atoms with Gasteiger partial charge in [0.05, 0.1) is 22.8 Å². The summed E-state index contributed by atoms with van der Waals surface area (Å²) < 4.78 is 31.6. The molecular formula is C24H26BrFN4O5. The first-order chi connectivity index (χ1) is 16.8. The van der Waals surface area contributed by atoms with E-state index >= 15 is 0 Å². The lowest BCUT2D eigenvalue weighted by Crippen LogP contribution is -2.36. The Morgan fingerprint density at radius 1 is 1.23 bits per heavy atom. The Morgan fingerprint density at radius 3 is 2.71 bits per heavy atom. The molecular weight excluding hydrogens is 523 g/mol. The van der Waals surface area contributed by atoms with Crippen LogP contribution >= 0.6 is 15.9 Å². The molecule has 1 aliphatic heterocycles. The predicted octanol–water partition coefficient (Wildman–Crippen LogP) is 4.40. The maximum atomic E-state index is 14.4. The molecule has 1 aliphatic rings. The van der Waals surface area contributed by atoms with Gasteiger partial charge in [-0.15, -0.1) is 0 Å². The summed E-state index contributed by atoms with van der Waals surface area (Å²) in [4.78, 5) is 22.4. The summed E-state index contributed by atoms with van der Waals surface area (Å²) in [6.45, 7) is 4.07. The third kappa shape index (κ3) is 6.09. The highest BCUT2D eigenvalue weighted by Crippen LogP contribution is 2.36. The standard InChI is InChI=1S/C24H26BrFN4O5/c1-14(31)35-15(11-30-5-3-4-6-30)12-34-23-10-19-16(7-22(23)33-2)24(28-13-27-19)29-20-9-21(32)17(25)8-18(20)26/h7-10,13,15,32H,3-6,11-12H2,1-2H3,(H,27,28,29). The number of ether oxygens (including phenoxy) is 3. The fraction of sp³-hybridized carbons (Fsp3) is 0.375. The van der Waals surface area contributed by atoms with Gasteiger partial charge >= 0.3 is 5.97 Å². The number of phenols is 1. The SMILES string of the molecule is COc1cc2c(Nc3cc(O)c(Br)cc3F)ncnc2cc1OCC(CN1CCCC1)OC(C)=O. The number of nitrogens with one attached hydrogen (secondary N) is 1. The van der Waals surface area contributed by atoms with Gasteiger partial charge in [-0.25, -0.2) is 14.4 Å². The molecule has 9 nitrogen and oxygen atoms in total. The molecule has 0 saturated carbocycles. The summed E-state index contributed by atoms with van der Waals surface area (Å²) in [6, 6.07) is 5.80. The predicted molar refractivity (Wildman–Crippen MR) is 132 cm³/mol. The highest BCUT2D eigenvalue weighted by atomic mass is 79.9. The van der Waals surface area contributed by atoms with Crippen LogP contribution in [0.5, 0.6) is 17.2 Å². The molecule has 0 radical (unpaired) electrons. The van der Waals surface area contributed by atoms with Crippen LogP contribution < -0.4 is 14.8 Å². The van der Waals surface area contributed by atoms with E-state index in [2.05, 4.69) is 36.1 Å². The van der Waals surface area contributed by atoms with Crippen LogP contribution in [-0.2, 0) is 9.53 Å². The van der Waals surface area contributed by atoms with E-state index in [0.717, 1.165) is 32.0 Å². The molecule has 2 aromatic carbocycles. The first-order valence-electron chi connectivity index (χ1n) is 11.1. The van der Waals surface area contributed by atoms with Crippen LogP contribution in [0.4, 0.5) is 15.9 Å². The Kier molecular flexibility index (Phi) is 7.86. The van der Waals surface area contributed by atoms with Crippen molar-refractivity contribution < 1.29 is 28.5 Å². The minimum absolute atomic E-state index is 0.0520. The molecule has 1 saturated heterocycles. The van der Waals surface area contributed by atoms with Crippen molar-refractivity contribution in [3.05, 3.63) is 40.9 Å². The minimum Gasteiger partial charge on any atom is -0.507 e. The van der Waals surface area contributed by atoms with Crippen molar-refractivity contribution in [2.24, 2.45) is 0 Å². The number of hydrogen-bond acceptors (Lipinski definition) is 9. The van der Waals surface area contributed by atoms with Gasteiger partial charge in [-0.3, -0.25) is 9.69 Å². The first-order valence-corrected chi connectivity index (χ1v) is 11.9. The second-order valence-electron chi connectivity index (χ2n) is 8.20. The molecule has 4 rings (SSSR count). The van der Waals surface area contributed by atoms with Crippen LogP contribution in [0.25, 0.3) is 10.9 Å². The van der Waals surface area contributed by atoms with Crippen molar-refractivity contribution in [3.63, 3.8) is 0 Å². The van der Waals surface area contributed by atoms with E-state index in [-0.39, 0.29) is 28.5 Å². The lowest BCUT2D eigenvalue weighted by Gasteiger charge is -2.23. The van der Waals surface area contributed by atoms with Crippen molar-refractivity contribution in [3.8, 4) is 17.2 Å². The van der Waals surface area contributed by atoms with Crippen LogP contribution in [0.3, 0.4) is 0 Å². The maximum Gasteiger partial charge on any atom is 0.303 e. The van der Waals surface area contributed by atoms with E-state index in [0.29, 0.717) is 34.8 Å². The molecule has 35 heavy (non-hydrogen) atoms. The highest BCUT2D eigenvalue weighted by molar-refractivity contribution is 9.10. The second kappa shape index (κ2) is 11.0. The smallest absolute Gasteiger partial charge is 0.303 e. The third-order valence-corrected chi connectivity index (χ3v) is 6.26. The van der Waals surface area contributed by atoms with Crippen LogP contribution in [0.2, 0.25) is 0 Å². The van der Waals surface area contributed by atoms with E-state index in [9.17, 15) is 14.3 Å². The Hall–Kier alpha value is -3.18. The van der Waals surface area contributed by atoms with Gasteiger partial charge in [-0.1, -0.05) is 0 Å². The number of likely N-dealkylation sites (tertiary alicyclic amines) is 1. The molecule has 2 heterocycles. The summed E-state index contributed by atoms with van der Waals surface area (Å²) in [5.41, 5.74) is 0.583. The number of fused-ring (bicyclic) bond motifs is 1.